The van der Waals surface area contributed by atoms with Gasteiger partial charge in [-0.05, 0) is 48.9 Å². The maximum absolute atomic E-state index is 12.7. The molecule has 2 N–H and O–H groups in total. The molecule has 3 aromatic rings. The van der Waals surface area contributed by atoms with Crippen molar-refractivity contribution in [2.75, 3.05) is 24.5 Å². The molecule has 0 spiro atoms. The number of benzene rings is 3. The van der Waals surface area contributed by atoms with Crippen molar-refractivity contribution in [1.29, 1.82) is 0 Å². The van der Waals surface area contributed by atoms with Crippen molar-refractivity contribution >= 4 is 23.3 Å². The van der Waals surface area contributed by atoms with Crippen molar-refractivity contribution < 1.29 is 19.1 Å². The fourth-order valence-electron chi connectivity index (χ4n) is 3.25. The number of anilines is 2. The Morgan fingerprint density at radius 3 is 2.42 bits per heavy atom. The molecule has 0 bridgehead atoms. The molecule has 0 saturated heterocycles. The summed E-state index contributed by atoms with van der Waals surface area (Å²) in [5, 5.41) is 5.77. The molecule has 1 aliphatic rings. The molecule has 7 nitrogen and oxygen atoms in total. The number of fused-ring (bicyclic) bond motifs is 1. The Hall–Kier alpha value is -4.00. The number of nitrogens with zero attached hydrogens (tertiary/aromatic N) is 1. The zero-order valence-electron chi connectivity index (χ0n) is 17.3. The largest absolute Gasteiger partial charge is 0.454 e. The van der Waals surface area contributed by atoms with Crippen LogP contribution >= 0.6 is 0 Å². The third-order valence-corrected chi connectivity index (χ3v) is 5.19. The van der Waals surface area contributed by atoms with Crippen LogP contribution in [0.4, 0.5) is 16.2 Å². The van der Waals surface area contributed by atoms with Gasteiger partial charge in [0, 0.05) is 30.1 Å². The average Bonchev–Trinajstić information content (AvgIpc) is 3.26. The van der Waals surface area contributed by atoms with E-state index in [9.17, 15) is 9.59 Å². The lowest BCUT2D eigenvalue weighted by molar-refractivity contribution is 0.102. The average molecular weight is 417 g/mol. The standard InChI is InChI=1S/C24H23N3O4/c1-16(27(2)24(29)26-20-11-12-21-22(14-20)31-15-30-21)18-9-6-10-19(13-18)25-23(28)17-7-4-3-5-8-17/h3-14,16H,15H2,1-2H3,(H,25,28)(H,26,29)/t16-/m1/s1. The summed E-state index contributed by atoms with van der Waals surface area (Å²) < 4.78 is 10.6. The van der Waals surface area contributed by atoms with Gasteiger partial charge in [0.2, 0.25) is 6.79 Å². The van der Waals surface area contributed by atoms with E-state index in [1.165, 1.54) is 0 Å². The molecule has 0 fully saturated rings. The molecule has 4 rings (SSSR count). The normalized spacial score (nSPS) is 12.7. The Morgan fingerprint density at radius 1 is 0.871 bits per heavy atom. The van der Waals surface area contributed by atoms with Crippen LogP contribution in [0.25, 0.3) is 0 Å². The second-order valence-corrected chi connectivity index (χ2v) is 7.23. The third kappa shape index (κ3) is 4.61. The molecular weight excluding hydrogens is 394 g/mol. The Kier molecular flexibility index (Phi) is 5.75. The van der Waals surface area contributed by atoms with Gasteiger partial charge in [-0.1, -0.05) is 30.3 Å². The van der Waals surface area contributed by atoms with Gasteiger partial charge in [0.15, 0.2) is 11.5 Å². The minimum absolute atomic E-state index is 0.181. The minimum Gasteiger partial charge on any atom is -0.454 e. The molecule has 3 aromatic carbocycles. The summed E-state index contributed by atoms with van der Waals surface area (Å²) in [5.74, 6) is 1.09. The fourth-order valence-corrected chi connectivity index (χ4v) is 3.25. The van der Waals surface area contributed by atoms with Crippen LogP contribution in [-0.2, 0) is 0 Å². The Labute approximate surface area is 180 Å². The number of amides is 3. The molecule has 1 aliphatic heterocycles. The monoisotopic (exact) mass is 417 g/mol. The number of hydrogen-bond acceptors (Lipinski definition) is 4. The van der Waals surface area contributed by atoms with Gasteiger partial charge in [-0.2, -0.15) is 0 Å². The number of nitrogens with one attached hydrogen (secondary N) is 2. The Bertz CT molecular complexity index is 1100. The molecule has 0 saturated carbocycles. The topological polar surface area (TPSA) is 79.9 Å². The molecular formula is C24H23N3O4. The highest BCUT2D eigenvalue weighted by Gasteiger charge is 2.20. The number of rotatable bonds is 5. The van der Waals surface area contributed by atoms with Gasteiger partial charge in [0.05, 0.1) is 6.04 Å². The van der Waals surface area contributed by atoms with E-state index in [-0.39, 0.29) is 24.8 Å². The van der Waals surface area contributed by atoms with Gasteiger partial charge in [0.25, 0.3) is 5.91 Å². The van der Waals surface area contributed by atoms with Crippen LogP contribution in [-0.4, -0.2) is 30.7 Å². The molecule has 3 amide bonds. The molecule has 0 aromatic heterocycles. The molecule has 0 aliphatic carbocycles. The third-order valence-electron chi connectivity index (χ3n) is 5.19. The van der Waals surface area contributed by atoms with Crippen LogP contribution in [0.2, 0.25) is 0 Å². The first-order valence-corrected chi connectivity index (χ1v) is 9.91. The zero-order valence-corrected chi connectivity index (χ0v) is 17.3. The SMILES string of the molecule is C[C@H](c1cccc(NC(=O)c2ccccc2)c1)N(C)C(=O)Nc1ccc2c(c1)OCO2. The predicted molar refractivity (Wildman–Crippen MR) is 119 cm³/mol. The number of carbonyl (C=O) groups is 2. The van der Waals surface area contributed by atoms with Gasteiger partial charge in [-0.15, -0.1) is 0 Å². The van der Waals surface area contributed by atoms with E-state index in [1.807, 2.05) is 49.4 Å². The van der Waals surface area contributed by atoms with Crippen molar-refractivity contribution in [3.8, 4) is 11.5 Å². The van der Waals surface area contributed by atoms with Crippen LogP contribution in [0, 0.1) is 0 Å². The fraction of sp³-hybridized carbons (Fsp3) is 0.167. The lowest BCUT2D eigenvalue weighted by Gasteiger charge is -2.26. The van der Waals surface area contributed by atoms with Crippen LogP contribution in [0.5, 0.6) is 11.5 Å². The second kappa shape index (κ2) is 8.79. The van der Waals surface area contributed by atoms with Crippen molar-refractivity contribution in [3.63, 3.8) is 0 Å². The summed E-state index contributed by atoms with van der Waals surface area (Å²) in [6.07, 6.45) is 0. The molecule has 0 unspecified atom stereocenters. The zero-order chi connectivity index (χ0) is 21.8. The lowest BCUT2D eigenvalue weighted by atomic mass is 10.1. The highest BCUT2D eigenvalue weighted by molar-refractivity contribution is 6.04. The maximum atomic E-state index is 12.7. The van der Waals surface area contributed by atoms with Crippen molar-refractivity contribution in [3.05, 3.63) is 83.9 Å². The molecule has 31 heavy (non-hydrogen) atoms. The van der Waals surface area contributed by atoms with Gasteiger partial charge >= 0.3 is 6.03 Å². The van der Waals surface area contributed by atoms with E-state index >= 15 is 0 Å². The van der Waals surface area contributed by atoms with Crippen molar-refractivity contribution in [1.82, 2.24) is 4.90 Å². The Morgan fingerprint density at radius 2 is 1.61 bits per heavy atom. The predicted octanol–water partition coefficient (Wildman–Crippen LogP) is 4.89. The highest BCUT2D eigenvalue weighted by atomic mass is 16.7. The first-order chi connectivity index (χ1) is 15.0. The van der Waals surface area contributed by atoms with E-state index in [0.717, 1.165) is 5.56 Å². The van der Waals surface area contributed by atoms with Gasteiger partial charge < -0.3 is 25.0 Å². The Balaban J connectivity index is 1.42. The molecule has 1 atom stereocenters. The highest BCUT2D eigenvalue weighted by Crippen LogP contribution is 2.34. The first kappa shape index (κ1) is 20.3. The maximum Gasteiger partial charge on any atom is 0.322 e. The van der Waals surface area contributed by atoms with E-state index in [1.54, 1.807) is 42.3 Å². The van der Waals surface area contributed by atoms with Crippen molar-refractivity contribution in [2.45, 2.75) is 13.0 Å². The summed E-state index contributed by atoms with van der Waals surface area (Å²) in [5.41, 5.74) is 2.77. The second-order valence-electron chi connectivity index (χ2n) is 7.23. The molecule has 7 heteroatoms. The van der Waals surface area contributed by atoms with E-state index < -0.39 is 0 Å². The van der Waals surface area contributed by atoms with Crippen LogP contribution in [0.15, 0.2) is 72.8 Å². The summed E-state index contributed by atoms with van der Waals surface area (Å²) in [6.45, 7) is 2.11. The van der Waals surface area contributed by atoms with Gasteiger partial charge in [0.1, 0.15) is 0 Å². The lowest BCUT2D eigenvalue weighted by Crippen LogP contribution is -2.33. The van der Waals surface area contributed by atoms with Crippen LogP contribution in [0.3, 0.4) is 0 Å². The smallest absolute Gasteiger partial charge is 0.322 e. The summed E-state index contributed by atoms with van der Waals surface area (Å²) in [7, 11) is 1.72. The van der Waals surface area contributed by atoms with Gasteiger partial charge in [-0.25, -0.2) is 4.79 Å². The number of ether oxygens (including phenoxy) is 2. The summed E-state index contributed by atoms with van der Waals surface area (Å²) >= 11 is 0. The molecule has 158 valence electrons. The summed E-state index contributed by atoms with van der Waals surface area (Å²) in [4.78, 5) is 26.8. The first-order valence-electron chi connectivity index (χ1n) is 9.91. The van der Waals surface area contributed by atoms with Crippen LogP contribution in [0.1, 0.15) is 28.9 Å². The van der Waals surface area contributed by atoms with Crippen molar-refractivity contribution in [2.24, 2.45) is 0 Å². The van der Waals surface area contributed by atoms with E-state index in [0.29, 0.717) is 28.4 Å². The van der Waals surface area contributed by atoms with E-state index in [4.69, 9.17) is 9.47 Å². The number of carbonyl (C=O) groups excluding carboxylic acids is 2. The van der Waals surface area contributed by atoms with Gasteiger partial charge in [-0.3, -0.25) is 4.79 Å². The molecule has 1 heterocycles. The molecule has 0 radical (unpaired) electrons. The number of hydrogen-bond donors (Lipinski definition) is 2. The minimum atomic E-state index is -0.259. The quantitative estimate of drug-likeness (QED) is 0.619. The number of urea groups is 1. The van der Waals surface area contributed by atoms with Crippen LogP contribution < -0.4 is 20.1 Å². The van der Waals surface area contributed by atoms with E-state index in [2.05, 4.69) is 10.6 Å². The summed E-state index contributed by atoms with van der Waals surface area (Å²) in [6, 6.07) is 21.3.